The van der Waals surface area contributed by atoms with Gasteiger partial charge in [0, 0.05) is 12.6 Å². The summed E-state index contributed by atoms with van der Waals surface area (Å²) in [5.74, 6) is 3.88. The number of ketones is 3. The molecule has 6 nitrogen and oxygen atoms in total. The van der Waals surface area contributed by atoms with Gasteiger partial charge in [-0.3, -0.25) is 14.4 Å². The van der Waals surface area contributed by atoms with Crippen LogP contribution >= 0.6 is 0 Å². The highest BCUT2D eigenvalue weighted by Gasteiger charge is 2.29. The second-order valence-corrected chi connectivity index (χ2v) is 3.58. The molecule has 0 saturated heterocycles. The van der Waals surface area contributed by atoms with Crippen LogP contribution < -0.4 is 11.2 Å². The molecule has 0 aliphatic heterocycles. The minimum Gasteiger partial charge on any atom is -0.320 e. The van der Waals surface area contributed by atoms with Crippen molar-refractivity contribution in [2.75, 3.05) is 20.1 Å². The molecule has 0 aromatic carbocycles. The molecule has 0 fully saturated rings. The van der Waals surface area contributed by atoms with E-state index >= 15 is 0 Å². The molecule has 16 heavy (non-hydrogen) atoms. The lowest BCUT2D eigenvalue weighted by atomic mass is 10.0. The molecule has 0 unspecified atom stereocenters. The molecule has 1 rings (SSSR count). The van der Waals surface area contributed by atoms with E-state index in [1.165, 1.54) is 0 Å². The van der Waals surface area contributed by atoms with Gasteiger partial charge in [-0.15, -0.1) is 0 Å². The lowest BCUT2D eigenvalue weighted by Crippen LogP contribution is -2.40. The van der Waals surface area contributed by atoms with E-state index < -0.39 is 11.6 Å². The average molecular weight is 225 g/mol. The normalized spacial score (nSPS) is 16.4. The summed E-state index contributed by atoms with van der Waals surface area (Å²) in [6.45, 7) is 1.16. The van der Waals surface area contributed by atoms with Crippen LogP contribution in [0.4, 0.5) is 0 Å². The Kier molecular flexibility index (Phi) is 4.33. The molecule has 0 radical (unpaired) electrons. The number of hydrazine groups is 1. The van der Waals surface area contributed by atoms with Gasteiger partial charge >= 0.3 is 0 Å². The second-order valence-electron chi connectivity index (χ2n) is 3.58. The van der Waals surface area contributed by atoms with Crippen molar-refractivity contribution in [3.63, 3.8) is 0 Å². The summed E-state index contributed by atoms with van der Waals surface area (Å²) < 4.78 is 0. The van der Waals surface area contributed by atoms with Gasteiger partial charge in [-0.2, -0.15) is 0 Å². The van der Waals surface area contributed by atoms with Gasteiger partial charge in [0.2, 0.25) is 11.6 Å². The van der Waals surface area contributed by atoms with Gasteiger partial charge in [0.15, 0.2) is 5.78 Å². The van der Waals surface area contributed by atoms with Gasteiger partial charge in [-0.25, -0.2) is 5.84 Å². The number of hydrogen-bond donors (Lipinski definition) is 2. The lowest BCUT2D eigenvalue weighted by Gasteiger charge is -2.22. The van der Waals surface area contributed by atoms with E-state index in [9.17, 15) is 14.4 Å². The van der Waals surface area contributed by atoms with Crippen LogP contribution in [0.5, 0.6) is 0 Å². The Balaban J connectivity index is 2.66. The van der Waals surface area contributed by atoms with Crippen LogP contribution in [0.25, 0.3) is 0 Å². The van der Waals surface area contributed by atoms with Crippen molar-refractivity contribution < 1.29 is 14.4 Å². The second kappa shape index (κ2) is 5.53. The molecule has 0 spiro atoms. The number of nitrogens with two attached hydrogens (primary N) is 1. The van der Waals surface area contributed by atoms with Crippen LogP contribution in [0.3, 0.4) is 0 Å². The Morgan fingerprint density at radius 1 is 1.44 bits per heavy atom. The van der Waals surface area contributed by atoms with E-state index in [1.807, 2.05) is 0 Å². The van der Waals surface area contributed by atoms with E-state index in [1.54, 1.807) is 7.05 Å². The highest BCUT2D eigenvalue weighted by atomic mass is 16.2. The molecule has 0 amide bonds. The van der Waals surface area contributed by atoms with Crippen LogP contribution in [0, 0.1) is 0 Å². The molecule has 6 heteroatoms. The molecule has 0 heterocycles. The van der Waals surface area contributed by atoms with Gasteiger partial charge in [0.1, 0.15) is 5.70 Å². The summed E-state index contributed by atoms with van der Waals surface area (Å²) in [6, 6.07) is 0. The first-order valence-corrected chi connectivity index (χ1v) is 5.05. The zero-order valence-electron chi connectivity index (χ0n) is 9.16. The maximum absolute atomic E-state index is 11.4. The fraction of sp³-hybridized carbons (Fsp3) is 0.500. The third-order valence-electron chi connectivity index (χ3n) is 2.25. The van der Waals surface area contributed by atoms with Crippen molar-refractivity contribution in [2.45, 2.75) is 12.8 Å². The zero-order valence-corrected chi connectivity index (χ0v) is 9.16. The minimum atomic E-state index is -0.688. The van der Waals surface area contributed by atoms with Crippen molar-refractivity contribution in [3.05, 3.63) is 11.8 Å². The van der Waals surface area contributed by atoms with E-state index in [0.717, 1.165) is 24.1 Å². The van der Waals surface area contributed by atoms with Crippen LogP contribution in [0.15, 0.2) is 11.8 Å². The first-order valence-electron chi connectivity index (χ1n) is 5.05. The number of nitrogens with one attached hydrogen (secondary N) is 1. The Morgan fingerprint density at radius 2 is 2.12 bits per heavy atom. The maximum Gasteiger partial charge on any atom is 0.246 e. The van der Waals surface area contributed by atoms with Crippen molar-refractivity contribution >= 4 is 17.3 Å². The van der Waals surface area contributed by atoms with E-state index in [-0.39, 0.29) is 17.9 Å². The molecule has 0 saturated carbocycles. The molecule has 1 aliphatic carbocycles. The summed E-state index contributed by atoms with van der Waals surface area (Å²) in [7, 11) is 1.80. The summed E-state index contributed by atoms with van der Waals surface area (Å²) in [5, 5.41) is 4.10. The largest absolute Gasteiger partial charge is 0.320 e. The Hall–Kier alpha value is -1.53. The average Bonchev–Trinajstić information content (AvgIpc) is 2.23. The SMILES string of the molecule is CNCCCN(N)C1=CC(=O)CC(=O)C1=O. The molecular weight excluding hydrogens is 210 g/mol. The van der Waals surface area contributed by atoms with Gasteiger partial charge in [0.25, 0.3) is 0 Å². The summed E-state index contributed by atoms with van der Waals surface area (Å²) in [5.41, 5.74) is -0.00245. The van der Waals surface area contributed by atoms with Crippen molar-refractivity contribution in [1.82, 2.24) is 10.3 Å². The van der Waals surface area contributed by atoms with Crippen molar-refractivity contribution in [3.8, 4) is 0 Å². The topological polar surface area (TPSA) is 92.5 Å². The Morgan fingerprint density at radius 3 is 2.75 bits per heavy atom. The first kappa shape index (κ1) is 12.5. The third-order valence-corrected chi connectivity index (χ3v) is 2.25. The standard InChI is InChI=1S/C10H15N3O3/c1-12-3-2-4-13(11)8-5-7(14)6-9(15)10(8)16/h5,12H,2-4,6,11H2,1H3. The lowest BCUT2D eigenvalue weighted by molar-refractivity contribution is -0.138. The first-order chi connectivity index (χ1) is 7.56. The molecule has 0 aromatic rings. The van der Waals surface area contributed by atoms with Crippen molar-refractivity contribution in [2.24, 2.45) is 5.84 Å². The number of hydrogen-bond acceptors (Lipinski definition) is 6. The van der Waals surface area contributed by atoms with Gasteiger partial charge < -0.3 is 10.3 Å². The van der Waals surface area contributed by atoms with E-state index in [0.29, 0.717) is 6.54 Å². The molecule has 88 valence electrons. The number of Topliss-reactive ketones (excluding diaryl/α,β-unsaturated/α-hetero) is 2. The smallest absolute Gasteiger partial charge is 0.246 e. The molecule has 0 aromatic heterocycles. The summed E-state index contributed by atoms with van der Waals surface area (Å²) in [4.78, 5) is 33.7. The number of allylic oxidation sites excluding steroid dienone is 2. The number of carbonyl (C=O) groups excluding carboxylic acids is 3. The highest BCUT2D eigenvalue weighted by Crippen LogP contribution is 2.10. The minimum absolute atomic E-state index is 0.00245. The molecular formula is C10H15N3O3. The fourth-order valence-corrected chi connectivity index (χ4v) is 1.41. The van der Waals surface area contributed by atoms with E-state index in [2.05, 4.69) is 5.32 Å². The summed E-state index contributed by atoms with van der Waals surface area (Å²) in [6.07, 6.45) is 1.52. The van der Waals surface area contributed by atoms with Crippen LogP contribution in [-0.2, 0) is 14.4 Å². The molecule has 0 bridgehead atoms. The summed E-state index contributed by atoms with van der Waals surface area (Å²) >= 11 is 0. The van der Waals surface area contributed by atoms with Gasteiger partial charge in [0.05, 0.1) is 6.42 Å². The number of nitrogens with zero attached hydrogens (tertiary/aromatic N) is 1. The Labute approximate surface area is 93.4 Å². The zero-order chi connectivity index (χ0) is 12.1. The predicted octanol–water partition coefficient (Wildman–Crippen LogP) is -1.23. The fourth-order valence-electron chi connectivity index (χ4n) is 1.41. The van der Waals surface area contributed by atoms with Gasteiger partial charge in [-0.05, 0) is 20.0 Å². The van der Waals surface area contributed by atoms with Crippen LogP contribution in [0.1, 0.15) is 12.8 Å². The highest BCUT2D eigenvalue weighted by molar-refractivity contribution is 6.48. The number of carbonyl (C=O) groups is 3. The quantitative estimate of drug-likeness (QED) is 0.200. The third kappa shape index (κ3) is 2.98. The molecule has 1 aliphatic rings. The molecule has 0 atom stereocenters. The van der Waals surface area contributed by atoms with Crippen molar-refractivity contribution in [1.29, 1.82) is 0 Å². The van der Waals surface area contributed by atoms with Crippen LogP contribution in [0.2, 0.25) is 0 Å². The maximum atomic E-state index is 11.4. The van der Waals surface area contributed by atoms with E-state index in [4.69, 9.17) is 5.84 Å². The molecule has 3 N–H and O–H groups in total. The Bertz CT molecular complexity index is 349. The number of rotatable bonds is 5. The van der Waals surface area contributed by atoms with Gasteiger partial charge in [-0.1, -0.05) is 0 Å². The van der Waals surface area contributed by atoms with Crippen LogP contribution in [-0.4, -0.2) is 42.5 Å². The predicted molar refractivity (Wildman–Crippen MR) is 57.2 cm³/mol. The monoisotopic (exact) mass is 225 g/mol.